The molecule has 1 heterocycles. The molecule has 2 aromatic rings. The third-order valence-electron chi connectivity index (χ3n) is 3.12. The Kier molecular flexibility index (Phi) is 4.42. The number of rotatable bonds is 5. The first kappa shape index (κ1) is 15.2. The third kappa shape index (κ3) is 3.49. The van der Waals surface area contributed by atoms with Crippen LogP contribution in [0.2, 0.25) is 0 Å². The van der Waals surface area contributed by atoms with E-state index >= 15 is 0 Å². The lowest BCUT2D eigenvalue weighted by molar-refractivity contribution is 0.600. The van der Waals surface area contributed by atoms with Gasteiger partial charge in [0.2, 0.25) is 5.95 Å². The van der Waals surface area contributed by atoms with E-state index < -0.39 is 10.0 Å². The van der Waals surface area contributed by atoms with Gasteiger partial charge >= 0.3 is 0 Å². The number of sulfonamides is 1. The molecule has 0 radical (unpaired) electrons. The highest BCUT2D eigenvalue weighted by atomic mass is 32.2. The van der Waals surface area contributed by atoms with Gasteiger partial charge in [-0.2, -0.15) is 0 Å². The van der Waals surface area contributed by atoms with E-state index in [2.05, 4.69) is 20.0 Å². The molecule has 0 fully saturated rings. The number of nitrogens with one attached hydrogen (secondary N) is 2. The minimum Gasteiger partial charge on any atom is -0.355 e. The molecule has 0 spiro atoms. The van der Waals surface area contributed by atoms with Gasteiger partial charge in [0.1, 0.15) is 4.90 Å². The minimum absolute atomic E-state index is 0.0325. The Hall–Kier alpha value is -2.15. The molecule has 21 heavy (non-hydrogen) atoms. The predicted octanol–water partition coefficient (Wildman–Crippen LogP) is 2.33. The van der Waals surface area contributed by atoms with E-state index in [-0.39, 0.29) is 4.90 Å². The molecule has 2 rings (SSSR count). The highest BCUT2D eigenvalue weighted by Gasteiger charge is 2.16. The number of hydrogen-bond acceptors (Lipinski definition) is 5. The van der Waals surface area contributed by atoms with Crippen molar-refractivity contribution in [1.29, 1.82) is 0 Å². The van der Waals surface area contributed by atoms with E-state index in [4.69, 9.17) is 0 Å². The molecule has 1 aromatic carbocycles. The summed E-state index contributed by atoms with van der Waals surface area (Å²) in [6, 6.07) is 5.47. The van der Waals surface area contributed by atoms with Crippen LogP contribution in [0.4, 0.5) is 11.6 Å². The largest absolute Gasteiger partial charge is 0.355 e. The van der Waals surface area contributed by atoms with Crippen molar-refractivity contribution in [3.8, 4) is 0 Å². The van der Waals surface area contributed by atoms with Crippen LogP contribution in [0.15, 0.2) is 35.5 Å². The molecule has 0 atom stereocenters. The maximum atomic E-state index is 12.3. The second-order valence-corrected chi connectivity index (χ2v) is 6.31. The van der Waals surface area contributed by atoms with Gasteiger partial charge in [-0.1, -0.05) is 12.1 Å². The van der Waals surface area contributed by atoms with E-state index in [1.165, 1.54) is 12.4 Å². The molecule has 0 aliphatic rings. The van der Waals surface area contributed by atoms with Gasteiger partial charge in [0, 0.05) is 6.54 Å². The van der Waals surface area contributed by atoms with Crippen LogP contribution in [0.3, 0.4) is 0 Å². The Bertz CT molecular complexity index is 727. The summed E-state index contributed by atoms with van der Waals surface area (Å²) in [5, 5.41) is 2.91. The molecule has 6 nitrogen and oxygen atoms in total. The van der Waals surface area contributed by atoms with Crippen LogP contribution in [-0.2, 0) is 10.0 Å². The molecule has 112 valence electrons. The summed E-state index contributed by atoms with van der Waals surface area (Å²) in [6.07, 6.45) is 2.58. The Labute approximate surface area is 124 Å². The van der Waals surface area contributed by atoms with Crippen molar-refractivity contribution >= 4 is 21.7 Å². The van der Waals surface area contributed by atoms with E-state index in [1.807, 2.05) is 32.9 Å². The molecular formula is C14H18N4O2S. The summed E-state index contributed by atoms with van der Waals surface area (Å²) in [6.45, 7) is 6.39. The molecule has 0 unspecified atom stereocenters. The molecule has 0 aliphatic carbocycles. The van der Waals surface area contributed by atoms with Crippen molar-refractivity contribution in [2.45, 2.75) is 25.7 Å². The molecule has 2 N–H and O–H groups in total. The quantitative estimate of drug-likeness (QED) is 0.885. The number of anilines is 2. The van der Waals surface area contributed by atoms with Crippen LogP contribution in [0.5, 0.6) is 0 Å². The molecule has 0 amide bonds. The van der Waals surface area contributed by atoms with Crippen LogP contribution < -0.4 is 10.0 Å². The average Bonchev–Trinajstić information content (AvgIpc) is 2.45. The second kappa shape index (κ2) is 6.09. The lowest BCUT2D eigenvalue weighted by Crippen LogP contribution is -2.15. The Balaban J connectivity index is 2.27. The number of hydrogen-bond donors (Lipinski definition) is 2. The molecule has 0 saturated heterocycles. The Morgan fingerprint density at radius 2 is 1.81 bits per heavy atom. The highest BCUT2D eigenvalue weighted by molar-refractivity contribution is 7.92. The molecule has 0 aliphatic heterocycles. The van der Waals surface area contributed by atoms with Crippen molar-refractivity contribution in [3.63, 3.8) is 0 Å². The van der Waals surface area contributed by atoms with Gasteiger partial charge in [0.15, 0.2) is 0 Å². The van der Waals surface area contributed by atoms with Gasteiger partial charge in [0.05, 0.1) is 18.1 Å². The second-order valence-electron chi connectivity index (χ2n) is 4.63. The van der Waals surface area contributed by atoms with Gasteiger partial charge in [0.25, 0.3) is 10.0 Å². The van der Waals surface area contributed by atoms with Crippen LogP contribution in [-0.4, -0.2) is 24.9 Å². The average molecular weight is 306 g/mol. The van der Waals surface area contributed by atoms with Crippen molar-refractivity contribution < 1.29 is 8.42 Å². The van der Waals surface area contributed by atoms with E-state index in [0.29, 0.717) is 18.2 Å². The maximum absolute atomic E-state index is 12.3. The summed E-state index contributed by atoms with van der Waals surface area (Å²) >= 11 is 0. The molecular weight excluding hydrogens is 288 g/mol. The van der Waals surface area contributed by atoms with Crippen molar-refractivity contribution in [2.75, 3.05) is 16.6 Å². The van der Waals surface area contributed by atoms with Crippen molar-refractivity contribution in [1.82, 2.24) is 9.97 Å². The zero-order valence-corrected chi connectivity index (χ0v) is 13.0. The molecule has 1 aromatic heterocycles. The van der Waals surface area contributed by atoms with Gasteiger partial charge < -0.3 is 5.32 Å². The Morgan fingerprint density at radius 3 is 2.43 bits per heavy atom. The van der Waals surface area contributed by atoms with Crippen molar-refractivity contribution in [3.05, 3.63) is 41.7 Å². The first-order chi connectivity index (χ1) is 9.94. The number of aryl methyl sites for hydroxylation is 1. The molecule has 7 heteroatoms. The first-order valence-electron chi connectivity index (χ1n) is 6.59. The van der Waals surface area contributed by atoms with Gasteiger partial charge in [-0.05, 0) is 38.0 Å². The topological polar surface area (TPSA) is 84.0 Å². The zero-order valence-electron chi connectivity index (χ0n) is 12.2. The molecule has 0 saturated carbocycles. The van der Waals surface area contributed by atoms with Gasteiger partial charge in [-0.25, -0.2) is 18.4 Å². The summed E-state index contributed by atoms with van der Waals surface area (Å²) in [5.41, 5.74) is 2.48. The summed E-state index contributed by atoms with van der Waals surface area (Å²) in [5.74, 6) is 0.406. The first-order valence-corrected chi connectivity index (χ1v) is 8.07. The summed E-state index contributed by atoms with van der Waals surface area (Å²) in [4.78, 5) is 7.98. The fourth-order valence-electron chi connectivity index (χ4n) is 1.77. The minimum atomic E-state index is -3.69. The van der Waals surface area contributed by atoms with Crippen LogP contribution in [0.1, 0.15) is 18.1 Å². The number of nitrogens with zero attached hydrogens (tertiary/aromatic N) is 2. The van der Waals surface area contributed by atoms with Crippen LogP contribution in [0.25, 0.3) is 0 Å². The smallest absolute Gasteiger partial charge is 0.264 e. The Morgan fingerprint density at radius 1 is 1.14 bits per heavy atom. The monoisotopic (exact) mass is 306 g/mol. The lowest BCUT2D eigenvalue weighted by atomic mass is 10.1. The number of aromatic nitrogens is 2. The van der Waals surface area contributed by atoms with E-state index in [9.17, 15) is 8.42 Å². The fraction of sp³-hybridized carbons (Fsp3) is 0.286. The highest BCUT2D eigenvalue weighted by Crippen LogP contribution is 2.21. The maximum Gasteiger partial charge on any atom is 0.264 e. The van der Waals surface area contributed by atoms with E-state index in [0.717, 1.165) is 11.1 Å². The van der Waals surface area contributed by atoms with Crippen LogP contribution in [0, 0.1) is 13.8 Å². The normalized spacial score (nSPS) is 11.2. The molecule has 0 bridgehead atoms. The predicted molar refractivity (Wildman–Crippen MR) is 82.9 cm³/mol. The van der Waals surface area contributed by atoms with Gasteiger partial charge in [-0.3, -0.25) is 4.72 Å². The van der Waals surface area contributed by atoms with Crippen LogP contribution >= 0.6 is 0 Å². The fourth-order valence-corrected chi connectivity index (χ4v) is 2.78. The van der Waals surface area contributed by atoms with Crippen molar-refractivity contribution in [2.24, 2.45) is 0 Å². The van der Waals surface area contributed by atoms with E-state index in [1.54, 1.807) is 6.07 Å². The number of benzene rings is 1. The van der Waals surface area contributed by atoms with Gasteiger partial charge in [-0.15, -0.1) is 0 Å². The SMILES string of the molecule is CCNc1ncc(S(=O)(=O)Nc2cccc(C)c2C)cn1. The third-order valence-corrected chi connectivity index (χ3v) is 4.44. The zero-order chi connectivity index (χ0) is 15.5. The standard InChI is InChI=1S/C14H18N4O2S/c1-4-15-14-16-8-12(9-17-14)21(19,20)18-13-7-5-6-10(2)11(13)3/h5-9,18H,4H2,1-3H3,(H,15,16,17). The lowest BCUT2D eigenvalue weighted by Gasteiger charge is -2.12. The summed E-state index contributed by atoms with van der Waals surface area (Å²) < 4.78 is 27.2. The summed E-state index contributed by atoms with van der Waals surface area (Å²) in [7, 11) is -3.69.